The Bertz CT molecular complexity index is 959. The van der Waals surface area contributed by atoms with Crippen molar-refractivity contribution in [2.45, 2.75) is 25.9 Å². The van der Waals surface area contributed by atoms with Gasteiger partial charge in [0.05, 0.1) is 6.42 Å². The molecule has 0 aliphatic carbocycles. The van der Waals surface area contributed by atoms with Crippen LogP contribution in [0, 0.1) is 6.92 Å². The monoisotopic (exact) mass is 360 g/mol. The minimum absolute atomic E-state index is 0.0852. The molecule has 1 aliphatic heterocycles. The summed E-state index contributed by atoms with van der Waals surface area (Å²) in [6.07, 6.45) is 0.279. The van der Waals surface area contributed by atoms with Crippen LogP contribution in [0.3, 0.4) is 0 Å². The van der Waals surface area contributed by atoms with E-state index in [1.807, 2.05) is 30.3 Å². The number of benzene rings is 3. The molecule has 0 amide bonds. The second kappa shape index (κ2) is 7.16. The van der Waals surface area contributed by atoms with E-state index in [0.29, 0.717) is 12.4 Å². The van der Waals surface area contributed by atoms with E-state index < -0.39 is 0 Å². The molecule has 4 nitrogen and oxygen atoms in total. The van der Waals surface area contributed by atoms with Gasteiger partial charge < -0.3 is 14.6 Å². The fraction of sp³-hybridized carbons (Fsp3) is 0.174. The summed E-state index contributed by atoms with van der Waals surface area (Å²) in [4.78, 5) is 11.9. The summed E-state index contributed by atoms with van der Waals surface area (Å²) in [6, 6.07) is 21.0. The first-order valence-electron chi connectivity index (χ1n) is 8.90. The van der Waals surface area contributed by atoms with E-state index in [0.717, 1.165) is 22.4 Å². The first kappa shape index (κ1) is 17.2. The molecule has 1 atom stereocenters. The summed E-state index contributed by atoms with van der Waals surface area (Å²) in [5, 5.41) is 9.63. The zero-order valence-electron chi connectivity index (χ0n) is 15.0. The normalized spacial score (nSPS) is 15.7. The predicted octanol–water partition coefficient (Wildman–Crippen LogP) is 4.72. The maximum atomic E-state index is 11.9. The highest BCUT2D eigenvalue weighted by atomic mass is 16.5. The molecule has 0 fully saturated rings. The van der Waals surface area contributed by atoms with Gasteiger partial charge in [-0.15, -0.1) is 0 Å². The molecule has 0 spiro atoms. The lowest BCUT2D eigenvalue weighted by atomic mass is 9.86. The molecule has 0 aromatic heterocycles. The molecule has 0 bridgehead atoms. The Morgan fingerprint density at radius 3 is 2.52 bits per heavy atom. The summed E-state index contributed by atoms with van der Waals surface area (Å²) in [6.45, 7) is 2.57. The molecule has 27 heavy (non-hydrogen) atoms. The smallest absolute Gasteiger partial charge is 0.312 e. The van der Waals surface area contributed by atoms with Crippen LogP contribution in [0.25, 0.3) is 0 Å². The van der Waals surface area contributed by atoms with Crippen molar-refractivity contribution in [1.29, 1.82) is 0 Å². The number of ether oxygens (including phenoxy) is 2. The van der Waals surface area contributed by atoms with Gasteiger partial charge in [-0.25, -0.2) is 0 Å². The van der Waals surface area contributed by atoms with Gasteiger partial charge in [-0.3, -0.25) is 4.79 Å². The Kier molecular flexibility index (Phi) is 4.55. The third kappa shape index (κ3) is 3.80. The van der Waals surface area contributed by atoms with Gasteiger partial charge in [0.2, 0.25) is 0 Å². The molecule has 1 aliphatic rings. The van der Waals surface area contributed by atoms with Crippen molar-refractivity contribution in [3.05, 3.63) is 89.0 Å². The molecule has 4 rings (SSSR count). The SMILES string of the molecule is Cc1ccc(COc2ccc(C3CC(=O)Oc4cc(O)ccc43)cc2)cc1. The van der Waals surface area contributed by atoms with Crippen LogP contribution in [0.5, 0.6) is 17.2 Å². The summed E-state index contributed by atoms with van der Waals surface area (Å²) in [5.74, 6) is 0.910. The zero-order valence-corrected chi connectivity index (χ0v) is 15.0. The van der Waals surface area contributed by atoms with Gasteiger partial charge in [-0.1, -0.05) is 48.0 Å². The Morgan fingerprint density at radius 2 is 1.78 bits per heavy atom. The quantitative estimate of drug-likeness (QED) is 0.540. The van der Waals surface area contributed by atoms with Crippen LogP contribution in [0.15, 0.2) is 66.7 Å². The van der Waals surface area contributed by atoms with Gasteiger partial charge in [0, 0.05) is 17.5 Å². The average molecular weight is 360 g/mol. The van der Waals surface area contributed by atoms with E-state index in [2.05, 4.69) is 31.2 Å². The number of hydrogen-bond acceptors (Lipinski definition) is 4. The predicted molar refractivity (Wildman–Crippen MR) is 102 cm³/mol. The van der Waals surface area contributed by atoms with Crippen LogP contribution < -0.4 is 9.47 Å². The molecule has 4 heteroatoms. The topological polar surface area (TPSA) is 55.8 Å². The number of aryl methyl sites for hydroxylation is 1. The second-order valence-electron chi connectivity index (χ2n) is 6.80. The molecule has 1 unspecified atom stereocenters. The minimum atomic E-state index is -0.294. The number of hydrogen-bond donors (Lipinski definition) is 1. The standard InChI is InChI=1S/C23H20O4/c1-15-2-4-16(5-3-15)14-26-19-9-6-17(7-10-19)21-13-23(25)27-22-12-18(24)8-11-20(21)22/h2-12,21,24H,13-14H2,1H3. The summed E-state index contributed by atoms with van der Waals surface area (Å²) in [5.41, 5.74) is 4.26. The van der Waals surface area contributed by atoms with E-state index in [4.69, 9.17) is 9.47 Å². The van der Waals surface area contributed by atoms with Crippen LogP contribution in [0.1, 0.15) is 34.6 Å². The number of carbonyl (C=O) groups is 1. The van der Waals surface area contributed by atoms with E-state index >= 15 is 0 Å². The lowest BCUT2D eigenvalue weighted by Gasteiger charge is -2.25. The van der Waals surface area contributed by atoms with Crippen LogP contribution in [-0.4, -0.2) is 11.1 Å². The number of aromatic hydroxyl groups is 1. The second-order valence-corrected chi connectivity index (χ2v) is 6.80. The van der Waals surface area contributed by atoms with Gasteiger partial charge >= 0.3 is 5.97 Å². The molecule has 3 aromatic carbocycles. The average Bonchev–Trinajstić information content (AvgIpc) is 2.67. The number of esters is 1. The van der Waals surface area contributed by atoms with E-state index in [9.17, 15) is 9.90 Å². The molecule has 136 valence electrons. The van der Waals surface area contributed by atoms with Gasteiger partial charge in [0.1, 0.15) is 23.9 Å². The zero-order chi connectivity index (χ0) is 18.8. The van der Waals surface area contributed by atoms with Crippen molar-refractivity contribution < 1.29 is 19.4 Å². The van der Waals surface area contributed by atoms with Crippen molar-refractivity contribution in [3.63, 3.8) is 0 Å². The molecular formula is C23H20O4. The Labute approximate surface area is 158 Å². The van der Waals surface area contributed by atoms with Crippen molar-refractivity contribution in [2.24, 2.45) is 0 Å². The van der Waals surface area contributed by atoms with Crippen molar-refractivity contribution >= 4 is 5.97 Å². The van der Waals surface area contributed by atoms with Crippen molar-refractivity contribution in [3.8, 4) is 17.2 Å². The van der Waals surface area contributed by atoms with Crippen LogP contribution in [-0.2, 0) is 11.4 Å². The van der Waals surface area contributed by atoms with E-state index in [1.165, 1.54) is 11.6 Å². The van der Waals surface area contributed by atoms with Gasteiger partial charge in [0.25, 0.3) is 0 Å². The molecule has 0 radical (unpaired) electrons. The first-order chi connectivity index (χ1) is 13.1. The van der Waals surface area contributed by atoms with Crippen LogP contribution in [0.4, 0.5) is 0 Å². The molecule has 1 N–H and O–H groups in total. The lowest BCUT2D eigenvalue weighted by molar-refractivity contribution is -0.135. The van der Waals surface area contributed by atoms with E-state index in [1.54, 1.807) is 6.07 Å². The first-order valence-corrected chi connectivity index (χ1v) is 8.90. The third-order valence-electron chi connectivity index (χ3n) is 4.78. The number of rotatable bonds is 4. The van der Waals surface area contributed by atoms with Crippen molar-refractivity contribution in [1.82, 2.24) is 0 Å². The van der Waals surface area contributed by atoms with Crippen molar-refractivity contribution in [2.75, 3.05) is 0 Å². The largest absolute Gasteiger partial charge is 0.508 e. The number of phenols is 1. The summed E-state index contributed by atoms with van der Waals surface area (Å²) < 4.78 is 11.1. The highest BCUT2D eigenvalue weighted by Crippen LogP contribution is 2.40. The molecule has 1 heterocycles. The lowest BCUT2D eigenvalue weighted by Crippen LogP contribution is -2.20. The van der Waals surface area contributed by atoms with E-state index in [-0.39, 0.29) is 24.1 Å². The molecule has 0 saturated carbocycles. The highest BCUT2D eigenvalue weighted by Gasteiger charge is 2.28. The summed E-state index contributed by atoms with van der Waals surface area (Å²) in [7, 11) is 0. The van der Waals surface area contributed by atoms with Gasteiger partial charge in [0.15, 0.2) is 0 Å². The Hall–Kier alpha value is -3.27. The third-order valence-corrected chi connectivity index (χ3v) is 4.78. The highest BCUT2D eigenvalue weighted by molar-refractivity contribution is 5.78. The maximum Gasteiger partial charge on any atom is 0.312 e. The maximum absolute atomic E-state index is 11.9. The van der Waals surface area contributed by atoms with Gasteiger partial charge in [-0.05, 0) is 36.2 Å². The Balaban J connectivity index is 1.51. The van der Waals surface area contributed by atoms with Crippen LogP contribution >= 0.6 is 0 Å². The molecule has 3 aromatic rings. The minimum Gasteiger partial charge on any atom is -0.508 e. The van der Waals surface area contributed by atoms with Crippen LogP contribution in [0.2, 0.25) is 0 Å². The molecule has 0 saturated heterocycles. The number of fused-ring (bicyclic) bond motifs is 1. The molecular weight excluding hydrogens is 340 g/mol. The number of carbonyl (C=O) groups excluding carboxylic acids is 1. The fourth-order valence-electron chi connectivity index (χ4n) is 3.28. The summed E-state index contributed by atoms with van der Waals surface area (Å²) >= 11 is 0. The fourth-order valence-corrected chi connectivity index (χ4v) is 3.28. The van der Waals surface area contributed by atoms with Gasteiger partial charge in [-0.2, -0.15) is 0 Å². The number of phenolic OH excluding ortho intramolecular Hbond substituents is 1. The Morgan fingerprint density at radius 1 is 1.04 bits per heavy atom.